The minimum Gasteiger partial charge on any atom is -0.494 e. The fourth-order valence-corrected chi connectivity index (χ4v) is 1.53. The Kier molecular flexibility index (Phi) is 4.03. The molecule has 7 heteroatoms. The van der Waals surface area contributed by atoms with E-state index in [0.717, 1.165) is 12.1 Å². The second-order valence-electron chi connectivity index (χ2n) is 3.89. The molecule has 1 heterocycles. The number of hydrogen-bond acceptors (Lipinski definition) is 3. The summed E-state index contributed by atoms with van der Waals surface area (Å²) in [6, 6.07) is 4.85. The third-order valence-corrected chi connectivity index (χ3v) is 2.43. The molecule has 0 radical (unpaired) electrons. The van der Waals surface area contributed by atoms with Gasteiger partial charge in [-0.3, -0.25) is 4.68 Å². The van der Waals surface area contributed by atoms with Crippen molar-refractivity contribution in [3.63, 3.8) is 0 Å². The van der Waals surface area contributed by atoms with Gasteiger partial charge < -0.3 is 4.74 Å². The van der Waals surface area contributed by atoms with Crippen molar-refractivity contribution in [2.75, 3.05) is 6.61 Å². The van der Waals surface area contributed by atoms with Crippen molar-refractivity contribution in [3.8, 4) is 5.75 Å². The van der Waals surface area contributed by atoms with Crippen LogP contribution in [0.15, 0.2) is 36.9 Å². The number of hydrogen-bond donors (Lipinski definition) is 0. The molecule has 0 aliphatic rings. The molecule has 0 aliphatic heterocycles. The average molecular weight is 271 g/mol. The summed E-state index contributed by atoms with van der Waals surface area (Å²) in [6.07, 6.45) is -0.711. The lowest BCUT2D eigenvalue weighted by Gasteiger charge is -2.10. The molecule has 0 amide bonds. The van der Waals surface area contributed by atoms with Crippen molar-refractivity contribution in [2.45, 2.75) is 19.1 Å². The molecule has 1 aromatic carbocycles. The van der Waals surface area contributed by atoms with E-state index < -0.39 is 11.7 Å². The van der Waals surface area contributed by atoms with Crippen LogP contribution in [0.2, 0.25) is 0 Å². The van der Waals surface area contributed by atoms with Crippen molar-refractivity contribution < 1.29 is 17.9 Å². The molecule has 2 aromatic rings. The summed E-state index contributed by atoms with van der Waals surface area (Å²) in [5.41, 5.74) is -0.707. The van der Waals surface area contributed by atoms with Crippen LogP contribution in [-0.2, 0) is 12.7 Å². The number of alkyl halides is 3. The first-order valence-electron chi connectivity index (χ1n) is 5.68. The molecule has 4 nitrogen and oxygen atoms in total. The molecule has 1 aromatic heterocycles. The third kappa shape index (κ3) is 3.97. The van der Waals surface area contributed by atoms with Gasteiger partial charge in [-0.05, 0) is 18.2 Å². The van der Waals surface area contributed by atoms with Gasteiger partial charge in [-0.1, -0.05) is 6.07 Å². The van der Waals surface area contributed by atoms with Crippen LogP contribution >= 0.6 is 0 Å². The molecule has 0 unspecified atom stereocenters. The summed E-state index contributed by atoms with van der Waals surface area (Å²) in [5, 5.41) is 3.91. The molecule has 0 atom stereocenters. The summed E-state index contributed by atoms with van der Waals surface area (Å²) in [5.74, 6) is 0.216. The van der Waals surface area contributed by atoms with Crippen LogP contribution in [-0.4, -0.2) is 21.4 Å². The lowest BCUT2D eigenvalue weighted by atomic mass is 10.2. The van der Waals surface area contributed by atoms with E-state index in [1.54, 1.807) is 11.0 Å². The van der Waals surface area contributed by atoms with E-state index in [9.17, 15) is 13.2 Å². The van der Waals surface area contributed by atoms with Gasteiger partial charge in [0.05, 0.1) is 12.2 Å². The normalized spacial score (nSPS) is 11.5. The monoisotopic (exact) mass is 271 g/mol. The zero-order valence-electron chi connectivity index (χ0n) is 9.97. The highest BCUT2D eigenvalue weighted by atomic mass is 19.4. The zero-order valence-corrected chi connectivity index (χ0v) is 9.97. The first-order chi connectivity index (χ1) is 9.05. The molecule has 102 valence electrons. The summed E-state index contributed by atoms with van der Waals surface area (Å²) in [7, 11) is 0. The quantitative estimate of drug-likeness (QED) is 0.785. The van der Waals surface area contributed by atoms with E-state index in [1.807, 2.05) is 0 Å². The number of aromatic nitrogens is 3. The molecule has 0 bridgehead atoms. The van der Waals surface area contributed by atoms with Crippen LogP contribution in [0.4, 0.5) is 13.2 Å². The maximum absolute atomic E-state index is 12.5. The molecule has 19 heavy (non-hydrogen) atoms. The van der Waals surface area contributed by atoms with E-state index in [0.29, 0.717) is 19.6 Å². The molecule has 0 saturated heterocycles. The standard InChI is InChI=1S/C12H12F3N3O/c13-12(14,15)10-3-1-4-11(7-10)19-6-2-5-18-9-16-8-17-18/h1,3-4,7-9H,2,5-6H2. The molecule has 0 fully saturated rings. The third-order valence-electron chi connectivity index (χ3n) is 2.43. The van der Waals surface area contributed by atoms with E-state index >= 15 is 0 Å². The smallest absolute Gasteiger partial charge is 0.416 e. The Labute approximate surface area is 107 Å². The van der Waals surface area contributed by atoms with Crippen molar-refractivity contribution in [2.24, 2.45) is 0 Å². The van der Waals surface area contributed by atoms with Gasteiger partial charge in [-0.2, -0.15) is 18.3 Å². The Hall–Kier alpha value is -2.05. The Morgan fingerprint density at radius 3 is 2.79 bits per heavy atom. The number of benzene rings is 1. The fraction of sp³-hybridized carbons (Fsp3) is 0.333. The maximum Gasteiger partial charge on any atom is 0.416 e. The van der Waals surface area contributed by atoms with Crippen molar-refractivity contribution in [3.05, 3.63) is 42.5 Å². The highest BCUT2D eigenvalue weighted by Gasteiger charge is 2.30. The van der Waals surface area contributed by atoms with E-state index in [-0.39, 0.29) is 5.75 Å². The van der Waals surface area contributed by atoms with Gasteiger partial charge in [0.15, 0.2) is 0 Å². The largest absolute Gasteiger partial charge is 0.494 e. The Morgan fingerprint density at radius 2 is 2.11 bits per heavy atom. The Morgan fingerprint density at radius 1 is 1.26 bits per heavy atom. The van der Waals surface area contributed by atoms with Gasteiger partial charge in [0.2, 0.25) is 0 Å². The van der Waals surface area contributed by atoms with E-state index in [4.69, 9.17) is 4.74 Å². The number of rotatable bonds is 5. The second-order valence-corrected chi connectivity index (χ2v) is 3.89. The fourth-order valence-electron chi connectivity index (χ4n) is 1.53. The van der Waals surface area contributed by atoms with Crippen LogP contribution in [0.3, 0.4) is 0 Å². The Balaban J connectivity index is 1.83. The SMILES string of the molecule is FC(F)(F)c1cccc(OCCCn2cncn2)c1. The molecule has 0 N–H and O–H groups in total. The highest BCUT2D eigenvalue weighted by molar-refractivity contribution is 5.30. The highest BCUT2D eigenvalue weighted by Crippen LogP contribution is 2.31. The number of nitrogens with zero attached hydrogens (tertiary/aromatic N) is 3. The van der Waals surface area contributed by atoms with E-state index in [1.165, 1.54) is 18.5 Å². The molecule has 0 aliphatic carbocycles. The summed E-state index contributed by atoms with van der Waals surface area (Å²) >= 11 is 0. The van der Waals surface area contributed by atoms with E-state index in [2.05, 4.69) is 10.1 Å². The van der Waals surface area contributed by atoms with Crippen LogP contribution < -0.4 is 4.74 Å². The topological polar surface area (TPSA) is 39.9 Å². The predicted octanol–water partition coefficient (Wildman–Crippen LogP) is 2.77. The van der Waals surface area contributed by atoms with Crippen molar-refractivity contribution >= 4 is 0 Å². The van der Waals surface area contributed by atoms with Gasteiger partial charge in [-0.25, -0.2) is 4.98 Å². The molecule has 2 rings (SSSR count). The van der Waals surface area contributed by atoms with Crippen LogP contribution in [0, 0.1) is 0 Å². The summed E-state index contributed by atoms with van der Waals surface area (Å²) in [4.78, 5) is 3.78. The van der Waals surface area contributed by atoms with Gasteiger partial charge in [-0.15, -0.1) is 0 Å². The number of aryl methyl sites for hydroxylation is 1. The van der Waals surface area contributed by atoms with Gasteiger partial charge in [0, 0.05) is 13.0 Å². The van der Waals surface area contributed by atoms with Crippen molar-refractivity contribution in [1.29, 1.82) is 0 Å². The number of halogens is 3. The summed E-state index contributed by atoms with van der Waals surface area (Å²) < 4.78 is 44.3. The average Bonchev–Trinajstić information content (AvgIpc) is 2.87. The van der Waals surface area contributed by atoms with Crippen LogP contribution in [0.25, 0.3) is 0 Å². The predicted molar refractivity (Wildman–Crippen MR) is 61.6 cm³/mol. The second kappa shape index (κ2) is 5.73. The molecule has 0 spiro atoms. The minimum absolute atomic E-state index is 0.216. The van der Waals surface area contributed by atoms with Crippen molar-refractivity contribution in [1.82, 2.24) is 14.8 Å². The van der Waals surface area contributed by atoms with Crippen LogP contribution in [0.1, 0.15) is 12.0 Å². The van der Waals surface area contributed by atoms with Gasteiger partial charge >= 0.3 is 6.18 Å². The number of ether oxygens (including phenoxy) is 1. The molecular weight excluding hydrogens is 259 g/mol. The molecular formula is C12H12F3N3O. The summed E-state index contributed by atoms with van der Waals surface area (Å²) in [6.45, 7) is 0.931. The van der Waals surface area contributed by atoms with Gasteiger partial charge in [0.1, 0.15) is 18.4 Å². The minimum atomic E-state index is -4.35. The maximum atomic E-state index is 12.5. The zero-order chi connectivity index (χ0) is 13.7. The first kappa shape index (κ1) is 13.4. The Bertz CT molecular complexity index is 511. The van der Waals surface area contributed by atoms with Gasteiger partial charge in [0.25, 0.3) is 0 Å². The molecule has 0 saturated carbocycles. The first-order valence-corrected chi connectivity index (χ1v) is 5.68. The van der Waals surface area contributed by atoms with Crippen LogP contribution in [0.5, 0.6) is 5.75 Å². The lowest BCUT2D eigenvalue weighted by molar-refractivity contribution is -0.137. The lowest BCUT2D eigenvalue weighted by Crippen LogP contribution is -2.07.